The smallest absolute Gasteiger partial charge is 0.109 e. The second kappa shape index (κ2) is 3.46. The first-order valence-electron chi connectivity index (χ1n) is 3.55. The Bertz CT molecular complexity index is 130. The third-order valence-electron chi connectivity index (χ3n) is 1.94. The Labute approximate surface area is 64.3 Å². The number of hydrogen-bond acceptors (Lipinski definition) is 5. The van der Waals surface area contributed by atoms with Gasteiger partial charge in [-0.15, -0.1) is 0 Å². The standard InChI is InChI=1S/C6H13NO4/c8-2-3-5(10)6(11)4(9)1-7-3/h3-11H,1-2H2/t3?,4-,5-,6?/m0/s1. The molecule has 5 heteroatoms. The summed E-state index contributed by atoms with van der Waals surface area (Å²) < 4.78 is 0. The van der Waals surface area contributed by atoms with E-state index in [0.717, 1.165) is 0 Å². The van der Waals surface area contributed by atoms with E-state index in [1.54, 1.807) is 0 Å². The van der Waals surface area contributed by atoms with Crippen molar-refractivity contribution in [1.82, 2.24) is 5.32 Å². The molecule has 1 heterocycles. The van der Waals surface area contributed by atoms with E-state index in [1.807, 2.05) is 0 Å². The fourth-order valence-electron chi connectivity index (χ4n) is 1.15. The Morgan fingerprint density at radius 1 is 1.18 bits per heavy atom. The number of aliphatic hydroxyl groups excluding tert-OH is 4. The molecule has 0 spiro atoms. The summed E-state index contributed by atoms with van der Waals surface area (Å²) in [4.78, 5) is 0. The Balaban J connectivity index is 2.52. The monoisotopic (exact) mass is 163 g/mol. The number of nitrogens with one attached hydrogen (secondary N) is 1. The summed E-state index contributed by atoms with van der Waals surface area (Å²) in [6, 6.07) is -0.534. The lowest BCUT2D eigenvalue weighted by molar-refractivity contribution is -0.101. The minimum Gasteiger partial charge on any atom is -0.395 e. The highest BCUT2D eigenvalue weighted by Gasteiger charge is 2.35. The highest BCUT2D eigenvalue weighted by atomic mass is 16.4. The second-order valence-corrected chi connectivity index (χ2v) is 2.75. The SMILES string of the molecule is OCC1NC[C@H](O)C(O)[C@H]1O. The molecule has 11 heavy (non-hydrogen) atoms. The number of β-amino-alcohol motifs (C(OH)–C–C–N with tert-alkyl or cyclic N) is 1. The zero-order valence-corrected chi connectivity index (χ0v) is 6.01. The van der Waals surface area contributed by atoms with Crippen molar-refractivity contribution in [3.63, 3.8) is 0 Å². The molecule has 1 fully saturated rings. The zero-order valence-electron chi connectivity index (χ0n) is 6.01. The van der Waals surface area contributed by atoms with Crippen molar-refractivity contribution in [2.24, 2.45) is 0 Å². The van der Waals surface area contributed by atoms with Crippen molar-refractivity contribution in [1.29, 1.82) is 0 Å². The van der Waals surface area contributed by atoms with Crippen LogP contribution in [0.5, 0.6) is 0 Å². The molecule has 4 atom stereocenters. The number of hydrogen-bond donors (Lipinski definition) is 5. The van der Waals surface area contributed by atoms with Gasteiger partial charge in [0.2, 0.25) is 0 Å². The van der Waals surface area contributed by atoms with E-state index in [0.29, 0.717) is 0 Å². The molecule has 2 unspecified atom stereocenters. The summed E-state index contributed by atoms with van der Waals surface area (Å²) >= 11 is 0. The van der Waals surface area contributed by atoms with Crippen LogP contribution in [0.15, 0.2) is 0 Å². The summed E-state index contributed by atoms with van der Waals surface area (Å²) in [7, 11) is 0. The summed E-state index contributed by atoms with van der Waals surface area (Å²) in [6.45, 7) is -0.0472. The maximum atomic E-state index is 9.18. The molecule has 66 valence electrons. The molecule has 1 saturated heterocycles. The Morgan fingerprint density at radius 2 is 1.82 bits per heavy atom. The van der Waals surface area contributed by atoms with Crippen molar-refractivity contribution < 1.29 is 20.4 Å². The predicted octanol–water partition coefficient (Wildman–Crippen LogP) is -2.97. The molecule has 0 saturated carbocycles. The predicted molar refractivity (Wildman–Crippen MR) is 36.9 cm³/mol. The first-order valence-corrected chi connectivity index (χ1v) is 3.55. The van der Waals surface area contributed by atoms with Gasteiger partial charge in [-0.2, -0.15) is 0 Å². The fraction of sp³-hybridized carbons (Fsp3) is 1.00. The van der Waals surface area contributed by atoms with Gasteiger partial charge in [-0.25, -0.2) is 0 Å². The van der Waals surface area contributed by atoms with Gasteiger partial charge in [-0.05, 0) is 0 Å². The zero-order chi connectivity index (χ0) is 8.43. The molecule has 0 aromatic heterocycles. The van der Waals surface area contributed by atoms with E-state index in [1.165, 1.54) is 0 Å². The van der Waals surface area contributed by atoms with Gasteiger partial charge >= 0.3 is 0 Å². The van der Waals surface area contributed by atoms with Crippen molar-refractivity contribution in [2.45, 2.75) is 24.4 Å². The largest absolute Gasteiger partial charge is 0.395 e. The van der Waals surface area contributed by atoms with Gasteiger partial charge < -0.3 is 25.7 Å². The van der Waals surface area contributed by atoms with Gasteiger partial charge in [0.25, 0.3) is 0 Å². The average molecular weight is 163 g/mol. The maximum absolute atomic E-state index is 9.18. The van der Waals surface area contributed by atoms with Gasteiger partial charge in [0.1, 0.15) is 6.10 Å². The van der Waals surface area contributed by atoms with Gasteiger partial charge in [0.05, 0.1) is 24.9 Å². The first kappa shape index (κ1) is 8.89. The molecule has 0 amide bonds. The van der Waals surface area contributed by atoms with Crippen LogP contribution in [0.4, 0.5) is 0 Å². The van der Waals surface area contributed by atoms with E-state index in [4.69, 9.17) is 15.3 Å². The second-order valence-electron chi connectivity index (χ2n) is 2.75. The molecule has 1 aliphatic heterocycles. The molecule has 1 aliphatic rings. The number of aliphatic hydroxyl groups is 4. The van der Waals surface area contributed by atoms with E-state index in [2.05, 4.69) is 5.32 Å². The van der Waals surface area contributed by atoms with Crippen LogP contribution in [0.3, 0.4) is 0 Å². The van der Waals surface area contributed by atoms with Crippen LogP contribution in [0, 0.1) is 0 Å². The van der Waals surface area contributed by atoms with Gasteiger partial charge in [-0.1, -0.05) is 0 Å². The minimum absolute atomic E-state index is 0.198. The maximum Gasteiger partial charge on any atom is 0.109 e. The Morgan fingerprint density at radius 3 is 2.36 bits per heavy atom. The van der Waals surface area contributed by atoms with Crippen LogP contribution in [0.25, 0.3) is 0 Å². The fourth-order valence-corrected chi connectivity index (χ4v) is 1.15. The molecule has 5 nitrogen and oxygen atoms in total. The molecular weight excluding hydrogens is 150 g/mol. The molecule has 0 aliphatic carbocycles. The molecule has 0 bridgehead atoms. The van der Waals surface area contributed by atoms with Crippen molar-refractivity contribution >= 4 is 0 Å². The highest BCUT2D eigenvalue weighted by molar-refractivity contribution is 4.91. The van der Waals surface area contributed by atoms with Gasteiger partial charge in [0.15, 0.2) is 0 Å². The average Bonchev–Trinajstić information content (AvgIpc) is 2.01. The van der Waals surface area contributed by atoms with Crippen LogP contribution in [-0.2, 0) is 0 Å². The lowest BCUT2D eigenvalue weighted by Crippen LogP contribution is -2.60. The van der Waals surface area contributed by atoms with Gasteiger partial charge in [0, 0.05) is 6.54 Å². The van der Waals surface area contributed by atoms with Crippen LogP contribution >= 0.6 is 0 Å². The third-order valence-corrected chi connectivity index (χ3v) is 1.94. The lowest BCUT2D eigenvalue weighted by atomic mass is 9.97. The molecule has 5 N–H and O–H groups in total. The molecule has 0 radical (unpaired) electrons. The normalized spacial score (nSPS) is 45.8. The van der Waals surface area contributed by atoms with Crippen LogP contribution in [0.1, 0.15) is 0 Å². The van der Waals surface area contributed by atoms with Crippen LogP contribution in [0.2, 0.25) is 0 Å². The molecule has 0 aromatic rings. The summed E-state index contributed by atoms with van der Waals surface area (Å²) in [5.74, 6) is 0. The summed E-state index contributed by atoms with van der Waals surface area (Å²) in [6.07, 6.45) is -3.20. The van der Waals surface area contributed by atoms with E-state index in [9.17, 15) is 5.11 Å². The van der Waals surface area contributed by atoms with E-state index >= 15 is 0 Å². The van der Waals surface area contributed by atoms with Gasteiger partial charge in [-0.3, -0.25) is 0 Å². The topological polar surface area (TPSA) is 93.0 Å². The summed E-state index contributed by atoms with van der Waals surface area (Å²) in [5, 5.41) is 38.6. The first-order chi connectivity index (χ1) is 5.16. The minimum atomic E-state index is -1.16. The quantitative estimate of drug-likeness (QED) is 0.285. The molecule has 0 aromatic carbocycles. The summed E-state index contributed by atoms with van der Waals surface area (Å²) in [5.41, 5.74) is 0. The Hall–Kier alpha value is -0.200. The highest BCUT2D eigenvalue weighted by Crippen LogP contribution is 2.09. The molecule has 1 rings (SSSR count). The van der Waals surface area contributed by atoms with Crippen LogP contribution in [-0.4, -0.2) is 57.9 Å². The lowest BCUT2D eigenvalue weighted by Gasteiger charge is -2.34. The Kier molecular flexibility index (Phi) is 2.80. The van der Waals surface area contributed by atoms with Crippen LogP contribution < -0.4 is 5.32 Å². The van der Waals surface area contributed by atoms with E-state index < -0.39 is 24.4 Å². The van der Waals surface area contributed by atoms with E-state index in [-0.39, 0.29) is 13.2 Å². The van der Waals surface area contributed by atoms with Crippen molar-refractivity contribution in [3.05, 3.63) is 0 Å². The number of rotatable bonds is 1. The van der Waals surface area contributed by atoms with Crippen molar-refractivity contribution in [3.8, 4) is 0 Å². The van der Waals surface area contributed by atoms with Crippen molar-refractivity contribution in [2.75, 3.05) is 13.2 Å². The number of piperidine rings is 1. The molecular formula is C6H13NO4. The third kappa shape index (κ3) is 1.69.